The van der Waals surface area contributed by atoms with Gasteiger partial charge in [-0.15, -0.1) is 0 Å². The highest BCUT2D eigenvalue weighted by atomic mass is 19.1. The first-order chi connectivity index (χ1) is 21.9. The third-order valence-electron chi connectivity index (χ3n) is 8.76. The molecule has 0 aliphatic carbocycles. The molecule has 3 aliphatic rings. The highest BCUT2D eigenvalue weighted by molar-refractivity contribution is 5.81. The van der Waals surface area contributed by atoms with Gasteiger partial charge in [0.2, 0.25) is 5.95 Å². The molecule has 13 heteroatoms. The third kappa shape index (κ3) is 7.04. The van der Waals surface area contributed by atoms with E-state index in [0.717, 1.165) is 49.7 Å². The predicted molar refractivity (Wildman–Crippen MR) is 161 cm³/mol. The minimum absolute atomic E-state index is 0.153. The Balaban J connectivity index is 1.07. The van der Waals surface area contributed by atoms with Crippen molar-refractivity contribution in [2.45, 2.75) is 49.6 Å². The van der Waals surface area contributed by atoms with Crippen LogP contribution in [-0.4, -0.2) is 111 Å². The monoisotopic (exact) mass is 617 g/mol. The van der Waals surface area contributed by atoms with E-state index in [1.54, 1.807) is 18.2 Å². The number of nitriles is 1. The second-order valence-electron chi connectivity index (χ2n) is 11.6. The SMILES string of the molecule is N#Cc1cc(-c2ncnc(Nc3ccc(C4CCN(C5COC5)CC4)cc3)n2)ccc1O[C@H]1CCN(C(=O)C(O)CO)C[C@H]1F. The lowest BCUT2D eigenvalue weighted by atomic mass is 9.88. The van der Waals surface area contributed by atoms with Gasteiger partial charge < -0.3 is 29.9 Å². The molecule has 3 fully saturated rings. The molecule has 4 heterocycles. The number of anilines is 2. The van der Waals surface area contributed by atoms with E-state index in [1.165, 1.54) is 11.9 Å². The molecular formula is C32H36FN7O5. The zero-order valence-electron chi connectivity index (χ0n) is 24.8. The molecule has 2 aromatic carbocycles. The normalized spacial score (nSPS) is 21.9. The molecule has 1 amide bonds. The lowest BCUT2D eigenvalue weighted by Gasteiger charge is -2.41. The number of aromatic nitrogens is 3. The first-order valence-electron chi connectivity index (χ1n) is 15.2. The Bertz CT molecular complexity index is 1530. The Morgan fingerprint density at radius 3 is 2.58 bits per heavy atom. The second-order valence-corrected chi connectivity index (χ2v) is 11.6. The molecule has 3 aliphatic heterocycles. The maximum atomic E-state index is 14.9. The van der Waals surface area contributed by atoms with E-state index in [-0.39, 0.29) is 30.8 Å². The van der Waals surface area contributed by atoms with E-state index in [2.05, 4.69) is 43.4 Å². The lowest BCUT2D eigenvalue weighted by molar-refractivity contribution is -0.146. The Labute approximate surface area is 260 Å². The molecule has 3 N–H and O–H groups in total. The highest BCUT2D eigenvalue weighted by Crippen LogP contribution is 2.32. The van der Waals surface area contributed by atoms with Crippen LogP contribution >= 0.6 is 0 Å². The summed E-state index contributed by atoms with van der Waals surface area (Å²) in [6, 6.07) is 15.9. The van der Waals surface area contributed by atoms with E-state index in [1.807, 2.05) is 12.1 Å². The van der Waals surface area contributed by atoms with Gasteiger partial charge in [-0.1, -0.05) is 12.1 Å². The summed E-state index contributed by atoms with van der Waals surface area (Å²) < 4.78 is 26.1. The molecule has 45 heavy (non-hydrogen) atoms. The van der Waals surface area contributed by atoms with E-state index in [0.29, 0.717) is 29.3 Å². The van der Waals surface area contributed by atoms with Crippen molar-refractivity contribution in [1.82, 2.24) is 24.8 Å². The van der Waals surface area contributed by atoms with Crippen molar-refractivity contribution in [1.29, 1.82) is 5.26 Å². The van der Waals surface area contributed by atoms with Gasteiger partial charge in [0.1, 0.15) is 24.3 Å². The van der Waals surface area contributed by atoms with Gasteiger partial charge in [-0.3, -0.25) is 9.69 Å². The fourth-order valence-electron chi connectivity index (χ4n) is 6.02. The van der Waals surface area contributed by atoms with Gasteiger partial charge in [0.25, 0.3) is 5.91 Å². The number of carbonyl (C=O) groups is 1. The molecule has 0 bridgehead atoms. The summed E-state index contributed by atoms with van der Waals surface area (Å²) >= 11 is 0. The quantitative estimate of drug-likeness (QED) is 0.324. The number of piperidine rings is 2. The van der Waals surface area contributed by atoms with Crippen LogP contribution in [0.25, 0.3) is 11.4 Å². The summed E-state index contributed by atoms with van der Waals surface area (Å²) in [6.45, 7) is 3.06. The van der Waals surface area contributed by atoms with Gasteiger partial charge in [0, 0.05) is 24.2 Å². The molecule has 0 spiro atoms. The largest absolute Gasteiger partial charge is 0.486 e. The fourth-order valence-corrected chi connectivity index (χ4v) is 6.02. The number of amides is 1. The highest BCUT2D eigenvalue weighted by Gasteiger charge is 2.35. The van der Waals surface area contributed by atoms with Crippen molar-refractivity contribution in [3.63, 3.8) is 0 Å². The molecule has 3 atom stereocenters. The van der Waals surface area contributed by atoms with Crippen LogP contribution in [0.2, 0.25) is 0 Å². The van der Waals surface area contributed by atoms with Gasteiger partial charge in [-0.05, 0) is 67.7 Å². The van der Waals surface area contributed by atoms with Crippen molar-refractivity contribution in [3.8, 4) is 23.2 Å². The van der Waals surface area contributed by atoms with E-state index < -0.39 is 30.9 Å². The summed E-state index contributed by atoms with van der Waals surface area (Å²) in [5, 5.41) is 31.6. The van der Waals surface area contributed by atoms with Crippen LogP contribution in [0.4, 0.5) is 16.0 Å². The number of aliphatic hydroxyl groups excluding tert-OH is 2. The van der Waals surface area contributed by atoms with Crippen LogP contribution in [0, 0.1) is 11.3 Å². The number of benzene rings is 2. The molecule has 236 valence electrons. The third-order valence-corrected chi connectivity index (χ3v) is 8.76. The number of ether oxygens (including phenoxy) is 2. The molecule has 3 aromatic rings. The second kappa shape index (κ2) is 13.8. The number of halogens is 1. The van der Waals surface area contributed by atoms with Crippen LogP contribution in [0.3, 0.4) is 0 Å². The number of nitrogens with one attached hydrogen (secondary N) is 1. The number of hydrogen-bond donors (Lipinski definition) is 3. The number of aliphatic hydroxyl groups is 2. The Morgan fingerprint density at radius 1 is 1.13 bits per heavy atom. The topological polar surface area (TPSA) is 157 Å². The average molecular weight is 618 g/mol. The summed E-state index contributed by atoms with van der Waals surface area (Å²) in [5.74, 6) is 0.735. The molecule has 6 rings (SSSR count). The molecular weight excluding hydrogens is 581 g/mol. The van der Waals surface area contributed by atoms with Crippen LogP contribution in [0.1, 0.15) is 36.3 Å². The number of rotatable bonds is 9. The molecule has 12 nitrogen and oxygen atoms in total. The first kappa shape index (κ1) is 30.8. The number of nitrogens with zero attached hydrogens (tertiary/aromatic N) is 6. The molecule has 3 saturated heterocycles. The number of alkyl halides is 1. The fraction of sp³-hybridized carbons (Fsp3) is 0.469. The van der Waals surface area contributed by atoms with Crippen LogP contribution in [-0.2, 0) is 9.53 Å². The average Bonchev–Trinajstić information content (AvgIpc) is 3.05. The summed E-state index contributed by atoms with van der Waals surface area (Å²) in [6.07, 6.45) is -0.159. The molecule has 0 saturated carbocycles. The van der Waals surface area contributed by atoms with E-state index in [4.69, 9.17) is 14.6 Å². The Kier molecular flexibility index (Phi) is 9.46. The zero-order chi connectivity index (χ0) is 31.3. The van der Waals surface area contributed by atoms with Gasteiger partial charge in [0.15, 0.2) is 18.1 Å². The van der Waals surface area contributed by atoms with Gasteiger partial charge in [-0.25, -0.2) is 14.4 Å². The van der Waals surface area contributed by atoms with Crippen molar-refractivity contribution >= 4 is 17.5 Å². The molecule has 1 aromatic heterocycles. The maximum absolute atomic E-state index is 14.9. The van der Waals surface area contributed by atoms with Gasteiger partial charge in [-0.2, -0.15) is 10.2 Å². The van der Waals surface area contributed by atoms with E-state index >= 15 is 0 Å². The van der Waals surface area contributed by atoms with E-state index in [9.17, 15) is 19.6 Å². The minimum atomic E-state index is -1.58. The van der Waals surface area contributed by atoms with Crippen LogP contribution < -0.4 is 10.1 Å². The first-order valence-corrected chi connectivity index (χ1v) is 15.2. The standard InChI is InChI=1S/C32H36FN7O5/c33-26-15-40(31(43)27(42)16-41)12-9-29(26)45-28-6-3-22(13-23(28)14-34)30-35-19-36-32(38-30)37-24-4-1-20(2-5-24)21-7-10-39(11-8-21)25-17-44-18-25/h1-6,13,19,21,25-27,29,41-42H,7-12,15-18H2,(H,35,36,37,38)/t26-,27?,29+/m1/s1. The van der Waals surface area contributed by atoms with Crippen LogP contribution in [0.15, 0.2) is 48.8 Å². The zero-order valence-corrected chi connectivity index (χ0v) is 24.8. The summed E-state index contributed by atoms with van der Waals surface area (Å²) in [5.41, 5.74) is 2.92. The predicted octanol–water partition coefficient (Wildman–Crippen LogP) is 2.40. The Hall–Kier alpha value is -4.22. The Morgan fingerprint density at radius 2 is 1.91 bits per heavy atom. The summed E-state index contributed by atoms with van der Waals surface area (Å²) in [4.78, 5) is 28.9. The van der Waals surface area contributed by atoms with Gasteiger partial charge >= 0.3 is 0 Å². The molecule has 1 unspecified atom stereocenters. The number of carbonyl (C=O) groups excluding carboxylic acids is 1. The minimum Gasteiger partial charge on any atom is -0.486 e. The maximum Gasteiger partial charge on any atom is 0.253 e. The van der Waals surface area contributed by atoms with Gasteiger partial charge in [0.05, 0.1) is 38.0 Å². The summed E-state index contributed by atoms with van der Waals surface area (Å²) in [7, 11) is 0. The number of hydrogen-bond acceptors (Lipinski definition) is 11. The van der Waals surface area contributed by atoms with Crippen molar-refractivity contribution in [2.24, 2.45) is 0 Å². The van der Waals surface area contributed by atoms with Crippen molar-refractivity contribution in [2.75, 3.05) is 51.3 Å². The lowest BCUT2D eigenvalue weighted by Crippen LogP contribution is -2.52. The molecule has 0 radical (unpaired) electrons. The smallest absolute Gasteiger partial charge is 0.253 e. The van der Waals surface area contributed by atoms with Crippen molar-refractivity contribution < 1.29 is 28.9 Å². The van der Waals surface area contributed by atoms with Crippen molar-refractivity contribution in [3.05, 3.63) is 59.9 Å². The number of likely N-dealkylation sites (tertiary alicyclic amines) is 2. The van der Waals surface area contributed by atoms with Crippen LogP contribution in [0.5, 0.6) is 5.75 Å².